The lowest BCUT2D eigenvalue weighted by atomic mass is 9.63. The molecule has 0 saturated heterocycles. The minimum absolute atomic E-state index is 0.167. The highest BCUT2D eigenvalue weighted by molar-refractivity contribution is 6.82. The van der Waals surface area contributed by atoms with Gasteiger partial charge in [0.25, 0.3) is 0 Å². The van der Waals surface area contributed by atoms with Crippen LogP contribution >= 0.6 is 0 Å². The fourth-order valence-corrected chi connectivity index (χ4v) is 14.4. The van der Waals surface area contributed by atoms with E-state index < -0.39 is 8.24 Å². The van der Waals surface area contributed by atoms with Gasteiger partial charge >= 0.3 is 0 Å². The average Bonchev–Trinajstić information content (AvgIpc) is 2.90. The third-order valence-electron chi connectivity index (χ3n) is 9.38. The molecule has 3 aliphatic rings. The Balaban J connectivity index is 1.70. The highest BCUT2D eigenvalue weighted by Crippen LogP contribution is 2.63. The first-order valence-corrected chi connectivity index (χ1v) is 15.5. The van der Waals surface area contributed by atoms with Crippen molar-refractivity contribution < 1.29 is 0 Å². The number of para-hydroxylation sites is 1. The van der Waals surface area contributed by atoms with E-state index in [1.165, 1.54) is 37.8 Å². The van der Waals surface area contributed by atoms with Crippen LogP contribution < -0.4 is 4.57 Å². The molecule has 0 aromatic heterocycles. The van der Waals surface area contributed by atoms with E-state index >= 15 is 0 Å². The molecule has 0 bridgehead atoms. The lowest BCUT2D eigenvalue weighted by Gasteiger charge is -2.54. The molecule has 4 rings (SSSR count). The first kappa shape index (κ1) is 21.5. The van der Waals surface area contributed by atoms with Gasteiger partial charge in [-0.25, -0.2) is 0 Å². The van der Waals surface area contributed by atoms with Gasteiger partial charge in [0, 0.05) is 11.2 Å². The normalized spacial score (nSPS) is 37.7. The Morgan fingerprint density at radius 1 is 0.828 bits per heavy atom. The van der Waals surface area contributed by atoms with E-state index in [1.807, 2.05) is 0 Å². The van der Waals surface area contributed by atoms with E-state index in [0.717, 1.165) is 41.0 Å². The Morgan fingerprint density at radius 2 is 1.38 bits per heavy atom. The Morgan fingerprint density at radius 3 is 1.93 bits per heavy atom. The molecule has 0 N–H and O–H groups in total. The van der Waals surface area contributed by atoms with Crippen molar-refractivity contribution in [3.05, 3.63) is 30.3 Å². The number of hydrogen-bond acceptors (Lipinski definition) is 1. The van der Waals surface area contributed by atoms with Crippen LogP contribution in [0, 0.1) is 35.5 Å². The zero-order valence-corrected chi connectivity index (χ0v) is 21.1. The summed E-state index contributed by atoms with van der Waals surface area (Å²) in [5.41, 5.74) is 2.52. The number of anilines is 1. The monoisotopic (exact) mass is 411 g/mol. The largest absolute Gasteiger partial charge is 0.393 e. The standard InChI is InChI=1S/C27H45NSi/c1-19-20(2)26(25-18-22-14-12-11-13-21(22)17-24(19)25)29(6,7)28(27(3,4)5)23-15-9-8-10-16-23/h8-10,15-16,19-22,24-26H,11-14,17-18H2,1-7H3. The summed E-state index contributed by atoms with van der Waals surface area (Å²) in [6.45, 7) is 18.0. The Labute approximate surface area is 181 Å². The molecule has 0 aliphatic heterocycles. The third kappa shape index (κ3) is 3.73. The highest BCUT2D eigenvalue weighted by atomic mass is 28.3. The first-order chi connectivity index (χ1) is 13.6. The molecule has 1 aromatic rings. The topological polar surface area (TPSA) is 3.24 Å². The quantitative estimate of drug-likeness (QED) is 0.455. The number of nitrogens with zero attached hydrogens (tertiary/aromatic N) is 1. The molecule has 7 unspecified atom stereocenters. The molecule has 0 radical (unpaired) electrons. The maximum absolute atomic E-state index is 2.91. The minimum atomic E-state index is -1.71. The van der Waals surface area contributed by atoms with Crippen LogP contribution in [0.4, 0.5) is 5.69 Å². The Kier molecular flexibility index (Phi) is 5.73. The molecule has 0 heterocycles. The van der Waals surface area contributed by atoms with Crippen LogP contribution in [0.2, 0.25) is 18.6 Å². The van der Waals surface area contributed by atoms with Gasteiger partial charge in [0.05, 0.1) is 0 Å². The van der Waals surface area contributed by atoms with Gasteiger partial charge in [0.2, 0.25) is 0 Å². The molecule has 1 aromatic carbocycles. The Hall–Kier alpha value is -0.763. The minimum Gasteiger partial charge on any atom is -0.393 e. The van der Waals surface area contributed by atoms with E-state index in [4.69, 9.17) is 0 Å². The highest BCUT2D eigenvalue weighted by Gasteiger charge is 2.58. The smallest absolute Gasteiger partial charge is 0.154 e. The lowest BCUT2D eigenvalue weighted by Crippen LogP contribution is -2.62. The molecule has 3 aliphatic carbocycles. The van der Waals surface area contributed by atoms with Gasteiger partial charge in [-0.3, -0.25) is 0 Å². The van der Waals surface area contributed by atoms with Crippen molar-refractivity contribution in [2.45, 2.75) is 97.3 Å². The van der Waals surface area contributed by atoms with Gasteiger partial charge in [-0.05, 0) is 86.8 Å². The van der Waals surface area contributed by atoms with Crippen LogP contribution in [0.5, 0.6) is 0 Å². The van der Waals surface area contributed by atoms with Crippen LogP contribution in [-0.2, 0) is 0 Å². The molecule has 3 saturated carbocycles. The van der Waals surface area contributed by atoms with Crippen molar-refractivity contribution in [1.29, 1.82) is 0 Å². The zero-order valence-electron chi connectivity index (χ0n) is 20.1. The predicted octanol–water partition coefficient (Wildman–Crippen LogP) is 7.99. The SMILES string of the molecule is CC1C(C)C([Si](C)(C)N(c2ccccc2)C(C)(C)C)C2CC3CCCCC3CC12. The molecule has 2 heteroatoms. The fraction of sp³-hybridized carbons (Fsp3) is 0.778. The van der Waals surface area contributed by atoms with Crippen molar-refractivity contribution in [3.63, 3.8) is 0 Å². The molecule has 162 valence electrons. The molecule has 7 atom stereocenters. The van der Waals surface area contributed by atoms with Crippen molar-refractivity contribution in [2.75, 3.05) is 4.57 Å². The summed E-state index contributed by atoms with van der Waals surface area (Å²) < 4.78 is 2.91. The van der Waals surface area contributed by atoms with E-state index in [9.17, 15) is 0 Å². The maximum Gasteiger partial charge on any atom is 0.154 e. The molecular weight excluding hydrogens is 366 g/mol. The van der Waals surface area contributed by atoms with Crippen LogP contribution in [-0.4, -0.2) is 13.8 Å². The zero-order chi connectivity index (χ0) is 21.0. The maximum atomic E-state index is 2.91. The third-order valence-corrected chi connectivity index (χ3v) is 14.0. The van der Waals surface area contributed by atoms with Gasteiger partial charge in [-0.15, -0.1) is 0 Å². The summed E-state index contributed by atoms with van der Waals surface area (Å²) in [5.74, 6) is 5.80. The summed E-state index contributed by atoms with van der Waals surface area (Å²) in [6, 6.07) is 11.3. The molecule has 3 fully saturated rings. The van der Waals surface area contributed by atoms with Crippen molar-refractivity contribution in [1.82, 2.24) is 0 Å². The van der Waals surface area contributed by atoms with Crippen LogP contribution in [0.15, 0.2) is 30.3 Å². The van der Waals surface area contributed by atoms with Gasteiger partial charge in [0.1, 0.15) is 0 Å². The predicted molar refractivity (Wildman–Crippen MR) is 130 cm³/mol. The summed E-state index contributed by atoms with van der Waals surface area (Å²) >= 11 is 0. The number of fused-ring (bicyclic) bond motifs is 2. The van der Waals surface area contributed by atoms with E-state index in [-0.39, 0.29) is 5.54 Å². The van der Waals surface area contributed by atoms with Crippen molar-refractivity contribution >= 4 is 13.9 Å². The van der Waals surface area contributed by atoms with E-state index in [2.05, 4.69) is 82.6 Å². The fourth-order valence-electron chi connectivity index (χ4n) is 8.56. The number of hydrogen-bond donors (Lipinski definition) is 0. The van der Waals surface area contributed by atoms with E-state index in [0.29, 0.717) is 0 Å². The number of benzene rings is 1. The average molecular weight is 412 g/mol. The molecule has 29 heavy (non-hydrogen) atoms. The van der Waals surface area contributed by atoms with Crippen LogP contribution in [0.3, 0.4) is 0 Å². The summed E-state index contributed by atoms with van der Waals surface area (Å²) in [4.78, 5) is 0. The number of rotatable bonds is 3. The molecule has 0 spiro atoms. The first-order valence-electron chi connectivity index (χ1n) is 12.5. The van der Waals surface area contributed by atoms with E-state index in [1.54, 1.807) is 6.42 Å². The Bertz CT molecular complexity index is 690. The second-order valence-electron chi connectivity index (χ2n) is 12.3. The molecule has 1 nitrogen and oxygen atoms in total. The van der Waals surface area contributed by atoms with Crippen molar-refractivity contribution in [2.24, 2.45) is 35.5 Å². The molecule has 0 amide bonds. The summed E-state index contributed by atoms with van der Waals surface area (Å²) in [7, 11) is -1.71. The van der Waals surface area contributed by atoms with Gasteiger partial charge in [0.15, 0.2) is 8.24 Å². The van der Waals surface area contributed by atoms with Gasteiger partial charge in [-0.1, -0.05) is 70.8 Å². The van der Waals surface area contributed by atoms with Crippen LogP contribution in [0.25, 0.3) is 0 Å². The molecular formula is C27H45NSi. The second-order valence-corrected chi connectivity index (χ2v) is 16.8. The lowest BCUT2D eigenvalue weighted by molar-refractivity contribution is 0.0788. The van der Waals surface area contributed by atoms with Crippen molar-refractivity contribution in [3.8, 4) is 0 Å². The summed E-state index contributed by atoms with van der Waals surface area (Å²) in [6.07, 6.45) is 9.12. The van der Waals surface area contributed by atoms with Crippen LogP contribution in [0.1, 0.15) is 73.1 Å². The van der Waals surface area contributed by atoms with Gasteiger partial charge < -0.3 is 4.57 Å². The summed E-state index contributed by atoms with van der Waals surface area (Å²) in [5, 5.41) is 0. The second kappa shape index (κ2) is 7.73. The van der Waals surface area contributed by atoms with Gasteiger partial charge in [-0.2, -0.15) is 0 Å².